The summed E-state index contributed by atoms with van der Waals surface area (Å²) in [6, 6.07) is 7.12. The topological polar surface area (TPSA) is 29.9 Å². The first kappa shape index (κ1) is 15.3. The minimum absolute atomic E-state index is 0.538. The Hall–Kier alpha value is -1.13. The van der Waals surface area contributed by atoms with E-state index in [9.17, 15) is 0 Å². The summed E-state index contributed by atoms with van der Waals surface area (Å²) in [5.41, 5.74) is 2.47. The molecular formula is C16H25N3S. The van der Waals surface area contributed by atoms with E-state index in [0.717, 1.165) is 18.7 Å². The summed E-state index contributed by atoms with van der Waals surface area (Å²) in [5.74, 6) is 0. The molecule has 1 N–H and O–H groups in total. The average Bonchev–Trinajstić information content (AvgIpc) is 3.07. The molecule has 0 spiro atoms. The van der Waals surface area contributed by atoms with Crippen LogP contribution in [-0.4, -0.2) is 22.9 Å². The van der Waals surface area contributed by atoms with Gasteiger partial charge in [-0.05, 0) is 57.7 Å². The molecule has 0 aromatic carbocycles. The minimum atomic E-state index is 0.538. The Labute approximate surface area is 126 Å². The summed E-state index contributed by atoms with van der Waals surface area (Å²) in [7, 11) is 2.06. The molecule has 0 saturated heterocycles. The Morgan fingerprint density at radius 1 is 1.45 bits per heavy atom. The fourth-order valence-electron chi connectivity index (χ4n) is 2.62. The van der Waals surface area contributed by atoms with E-state index in [4.69, 9.17) is 0 Å². The van der Waals surface area contributed by atoms with Gasteiger partial charge in [-0.25, -0.2) is 0 Å². The van der Waals surface area contributed by atoms with Gasteiger partial charge in [-0.15, -0.1) is 11.3 Å². The molecule has 0 aliphatic rings. The highest BCUT2D eigenvalue weighted by Gasteiger charge is 2.11. The zero-order valence-corrected chi connectivity index (χ0v) is 13.5. The molecule has 2 aromatic heterocycles. The molecule has 2 heterocycles. The van der Waals surface area contributed by atoms with Crippen LogP contribution in [0.4, 0.5) is 0 Å². The molecule has 110 valence electrons. The number of nitrogens with zero attached hydrogens (tertiary/aromatic N) is 2. The van der Waals surface area contributed by atoms with E-state index >= 15 is 0 Å². The molecule has 0 aliphatic heterocycles. The largest absolute Gasteiger partial charge is 0.317 e. The van der Waals surface area contributed by atoms with Crippen molar-refractivity contribution in [3.63, 3.8) is 0 Å². The zero-order chi connectivity index (χ0) is 14.4. The van der Waals surface area contributed by atoms with E-state index in [1.54, 1.807) is 0 Å². The van der Waals surface area contributed by atoms with Crippen LogP contribution in [0.5, 0.6) is 0 Å². The van der Waals surface area contributed by atoms with Gasteiger partial charge in [-0.1, -0.05) is 6.07 Å². The Balaban J connectivity index is 1.85. The number of aryl methyl sites for hydroxylation is 3. The summed E-state index contributed by atoms with van der Waals surface area (Å²) in [6.45, 7) is 5.18. The third-order valence-electron chi connectivity index (χ3n) is 3.70. The van der Waals surface area contributed by atoms with Crippen molar-refractivity contribution in [1.82, 2.24) is 15.1 Å². The van der Waals surface area contributed by atoms with Crippen molar-refractivity contribution >= 4 is 11.3 Å². The van der Waals surface area contributed by atoms with E-state index in [1.807, 2.05) is 11.3 Å². The number of thiophene rings is 1. The molecule has 0 fully saturated rings. The second-order valence-electron chi connectivity index (χ2n) is 5.25. The lowest BCUT2D eigenvalue weighted by molar-refractivity contribution is 0.481. The average molecular weight is 291 g/mol. The third kappa shape index (κ3) is 4.18. The smallest absolute Gasteiger partial charge is 0.0596 e. The van der Waals surface area contributed by atoms with Crippen molar-refractivity contribution < 1.29 is 0 Å². The molecule has 0 amide bonds. The van der Waals surface area contributed by atoms with E-state index in [-0.39, 0.29) is 0 Å². The summed E-state index contributed by atoms with van der Waals surface area (Å²) in [5, 5.41) is 10.1. The number of aromatic nitrogens is 2. The first-order valence-corrected chi connectivity index (χ1v) is 8.33. The third-order valence-corrected chi connectivity index (χ3v) is 4.64. The fraction of sp³-hybridized carbons (Fsp3) is 0.562. The van der Waals surface area contributed by atoms with E-state index in [2.05, 4.69) is 59.6 Å². The van der Waals surface area contributed by atoms with Gasteiger partial charge in [0, 0.05) is 29.6 Å². The molecule has 1 unspecified atom stereocenters. The Morgan fingerprint density at radius 2 is 2.30 bits per heavy atom. The van der Waals surface area contributed by atoms with Crippen molar-refractivity contribution in [2.75, 3.05) is 7.05 Å². The van der Waals surface area contributed by atoms with Crippen LogP contribution in [0.1, 0.15) is 36.0 Å². The van der Waals surface area contributed by atoms with Gasteiger partial charge in [0.15, 0.2) is 0 Å². The lowest BCUT2D eigenvalue weighted by atomic mass is 10.0. The molecule has 1 atom stereocenters. The minimum Gasteiger partial charge on any atom is -0.317 e. The molecule has 2 aromatic rings. The zero-order valence-electron chi connectivity index (χ0n) is 12.7. The number of rotatable bonds is 8. The van der Waals surface area contributed by atoms with Crippen molar-refractivity contribution in [1.29, 1.82) is 0 Å². The van der Waals surface area contributed by atoms with Crippen LogP contribution >= 0.6 is 11.3 Å². The first-order valence-electron chi connectivity index (χ1n) is 7.46. The molecule has 0 saturated carbocycles. The molecule has 0 bridgehead atoms. The van der Waals surface area contributed by atoms with Crippen LogP contribution in [0.2, 0.25) is 0 Å². The molecule has 3 nitrogen and oxygen atoms in total. The number of likely N-dealkylation sites (N-methyl/N-ethyl adjacent to an activating group) is 1. The number of nitrogens with one attached hydrogen (secondary N) is 1. The van der Waals surface area contributed by atoms with E-state index in [0.29, 0.717) is 6.04 Å². The number of hydrogen-bond donors (Lipinski definition) is 1. The first-order chi connectivity index (χ1) is 9.72. The Bertz CT molecular complexity index is 502. The van der Waals surface area contributed by atoms with Crippen molar-refractivity contribution in [3.05, 3.63) is 39.8 Å². The van der Waals surface area contributed by atoms with Gasteiger partial charge in [-0.2, -0.15) is 5.10 Å². The van der Waals surface area contributed by atoms with Crippen molar-refractivity contribution in [3.8, 4) is 0 Å². The Morgan fingerprint density at radius 3 is 2.95 bits per heavy atom. The van der Waals surface area contributed by atoms with Gasteiger partial charge in [0.1, 0.15) is 0 Å². The van der Waals surface area contributed by atoms with Crippen LogP contribution in [-0.2, 0) is 19.4 Å². The predicted octanol–water partition coefficient (Wildman–Crippen LogP) is 3.43. The standard InChI is InChI=1S/C16H25N3S/c1-4-19-15(11-13(2)18-19)12-14(17-3)7-5-8-16-9-6-10-20-16/h6,9-11,14,17H,4-5,7-8,12H2,1-3H3. The van der Waals surface area contributed by atoms with Gasteiger partial charge in [0.2, 0.25) is 0 Å². The lowest BCUT2D eigenvalue weighted by Crippen LogP contribution is -2.28. The lowest BCUT2D eigenvalue weighted by Gasteiger charge is -2.16. The van der Waals surface area contributed by atoms with Crippen LogP contribution < -0.4 is 5.32 Å². The highest BCUT2D eigenvalue weighted by Crippen LogP contribution is 2.15. The van der Waals surface area contributed by atoms with Crippen LogP contribution in [0.15, 0.2) is 23.6 Å². The highest BCUT2D eigenvalue weighted by atomic mass is 32.1. The summed E-state index contributed by atoms with van der Waals surface area (Å²) in [4.78, 5) is 1.49. The fourth-order valence-corrected chi connectivity index (χ4v) is 3.37. The van der Waals surface area contributed by atoms with Crippen LogP contribution in [0.25, 0.3) is 0 Å². The van der Waals surface area contributed by atoms with Gasteiger partial charge in [0.05, 0.1) is 5.69 Å². The SMILES string of the molecule is CCn1nc(C)cc1CC(CCCc1cccs1)NC. The van der Waals surface area contributed by atoms with E-state index in [1.165, 1.54) is 29.8 Å². The predicted molar refractivity (Wildman–Crippen MR) is 86.4 cm³/mol. The molecule has 4 heteroatoms. The number of hydrogen-bond acceptors (Lipinski definition) is 3. The summed E-state index contributed by atoms with van der Waals surface area (Å²) >= 11 is 1.86. The Kier molecular flexibility index (Phi) is 5.80. The van der Waals surface area contributed by atoms with Crippen LogP contribution in [0, 0.1) is 6.92 Å². The summed E-state index contributed by atoms with van der Waals surface area (Å²) < 4.78 is 2.12. The van der Waals surface area contributed by atoms with Gasteiger partial charge >= 0.3 is 0 Å². The second kappa shape index (κ2) is 7.60. The van der Waals surface area contributed by atoms with Gasteiger partial charge < -0.3 is 5.32 Å². The molecule has 2 rings (SSSR count). The maximum atomic E-state index is 4.53. The molecule has 20 heavy (non-hydrogen) atoms. The normalized spacial score (nSPS) is 12.8. The maximum absolute atomic E-state index is 4.53. The second-order valence-corrected chi connectivity index (χ2v) is 6.29. The molecule has 0 radical (unpaired) electrons. The van der Waals surface area contributed by atoms with Crippen molar-refractivity contribution in [2.45, 2.75) is 52.1 Å². The van der Waals surface area contributed by atoms with E-state index < -0.39 is 0 Å². The summed E-state index contributed by atoms with van der Waals surface area (Å²) in [6.07, 6.45) is 4.71. The maximum Gasteiger partial charge on any atom is 0.0596 e. The quantitative estimate of drug-likeness (QED) is 0.807. The van der Waals surface area contributed by atoms with Gasteiger partial charge in [0.25, 0.3) is 0 Å². The monoisotopic (exact) mass is 291 g/mol. The molecule has 0 aliphatic carbocycles. The highest BCUT2D eigenvalue weighted by molar-refractivity contribution is 7.09. The van der Waals surface area contributed by atoms with Crippen molar-refractivity contribution in [2.24, 2.45) is 0 Å². The van der Waals surface area contributed by atoms with Gasteiger partial charge in [-0.3, -0.25) is 4.68 Å². The molecular weight excluding hydrogens is 266 g/mol. The van der Waals surface area contributed by atoms with Crippen LogP contribution in [0.3, 0.4) is 0 Å².